The molecule has 2 heterocycles. The van der Waals surface area contributed by atoms with E-state index in [0.29, 0.717) is 6.54 Å². The van der Waals surface area contributed by atoms with E-state index in [1.165, 1.54) is 10.4 Å². The summed E-state index contributed by atoms with van der Waals surface area (Å²) in [7, 11) is 3.31. The third kappa shape index (κ3) is 3.72. The van der Waals surface area contributed by atoms with E-state index in [2.05, 4.69) is 27.1 Å². The van der Waals surface area contributed by atoms with Crippen LogP contribution in [-0.4, -0.2) is 19.2 Å². The lowest BCUT2D eigenvalue weighted by Crippen LogP contribution is -2.13. The van der Waals surface area contributed by atoms with Crippen molar-refractivity contribution in [2.45, 2.75) is 13.1 Å². The quantitative estimate of drug-likeness (QED) is 0.697. The van der Waals surface area contributed by atoms with Gasteiger partial charge in [-0.2, -0.15) is 11.3 Å². The van der Waals surface area contributed by atoms with Crippen molar-refractivity contribution in [3.8, 4) is 21.9 Å². The molecule has 0 bridgehead atoms. The fourth-order valence-corrected chi connectivity index (χ4v) is 3.94. The summed E-state index contributed by atoms with van der Waals surface area (Å²) in [6.45, 7) is 1.43. The number of rotatable bonds is 7. The molecule has 4 nitrogen and oxygen atoms in total. The molecule has 0 aliphatic heterocycles. The van der Waals surface area contributed by atoms with Crippen LogP contribution in [0.4, 0.5) is 0 Å². The highest BCUT2D eigenvalue weighted by atomic mass is 32.1. The third-order valence-corrected chi connectivity index (χ3v) is 5.17. The van der Waals surface area contributed by atoms with Crippen LogP contribution in [0.5, 0.6) is 11.5 Å². The lowest BCUT2D eigenvalue weighted by atomic mass is 10.2. The summed E-state index contributed by atoms with van der Waals surface area (Å²) in [6.07, 6.45) is 1.94. The van der Waals surface area contributed by atoms with Crippen LogP contribution in [-0.2, 0) is 13.1 Å². The van der Waals surface area contributed by atoms with Crippen molar-refractivity contribution in [3.63, 3.8) is 0 Å². The highest BCUT2D eigenvalue weighted by molar-refractivity contribution is 7.15. The molecule has 6 heteroatoms. The van der Waals surface area contributed by atoms with Crippen molar-refractivity contribution < 1.29 is 9.47 Å². The van der Waals surface area contributed by atoms with Crippen LogP contribution in [0.3, 0.4) is 0 Å². The minimum Gasteiger partial charge on any atom is -0.493 e. The van der Waals surface area contributed by atoms with Gasteiger partial charge in [-0.3, -0.25) is 0 Å². The Hall–Kier alpha value is -1.89. The molecule has 0 unspecified atom stereocenters. The Labute approximate surface area is 143 Å². The number of nitrogens with one attached hydrogen (secondary N) is 1. The second kappa shape index (κ2) is 7.59. The normalized spacial score (nSPS) is 10.7. The average Bonchev–Trinajstić information content (AvgIpc) is 3.25. The van der Waals surface area contributed by atoms with Crippen LogP contribution in [0, 0.1) is 0 Å². The molecule has 1 aromatic carbocycles. The Morgan fingerprint density at radius 3 is 2.78 bits per heavy atom. The van der Waals surface area contributed by atoms with Crippen LogP contribution in [0.15, 0.2) is 41.2 Å². The first-order chi connectivity index (χ1) is 11.3. The first-order valence-electron chi connectivity index (χ1n) is 7.19. The van der Waals surface area contributed by atoms with E-state index < -0.39 is 0 Å². The second-order valence-electron chi connectivity index (χ2n) is 4.89. The van der Waals surface area contributed by atoms with E-state index in [4.69, 9.17) is 9.47 Å². The first-order valence-corrected chi connectivity index (χ1v) is 8.95. The van der Waals surface area contributed by atoms with Gasteiger partial charge in [0.2, 0.25) is 0 Å². The SMILES string of the molecule is COc1cccc(CNCc2ncc(-c3ccsc3)s2)c1OC. The van der Waals surface area contributed by atoms with Gasteiger partial charge in [-0.1, -0.05) is 12.1 Å². The van der Waals surface area contributed by atoms with E-state index >= 15 is 0 Å². The predicted molar refractivity (Wildman–Crippen MR) is 95.5 cm³/mol. The van der Waals surface area contributed by atoms with E-state index in [-0.39, 0.29) is 0 Å². The molecular weight excluding hydrogens is 328 g/mol. The highest BCUT2D eigenvalue weighted by Gasteiger charge is 2.09. The van der Waals surface area contributed by atoms with Crippen LogP contribution < -0.4 is 14.8 Å². The van der Waals surface area contributed by atoms with Crippen molar-refractivity contribution in [1.29, 1.82) is 0 Å². The molecule has 3 aromatic rings. The summed E-state index contributed by atoms with van der Waals surface area (Å²) in [5, 5.41) is 8.72. The van der Waals surface area contributed by atoms with Gasteiger partial charge in [0.25, 0.3) is 0 Å². The third-order valence-electron chi connectivity index (χ3n) is 3.44. The number of thiazole rings is 1. The van der Waals surface area contributed by atoms with E-state index in [9.17, 15) is 0 Å². The number of aromatic nitrogens is 1. The van der Waals surface area contributed by atoms with Gasteiger partial charge in [-0.05, 0) is 22.9 Å². The molecule has 0 aliphatic carbocycles. The Morgan fingerprint density at radius 2 is 2.04 bits per heavy atom. The van der Waals surface area contributed by atoms with Gasteiger partial charge in [-0.15, -0.1) is 11.3 Å². The van der Waals surface area contributed by atoms with E-state index in [1.807, 2.05) is 24.4 Å². The number of methoxy groups -OCH3 is 2. The number of hydrogen-bond donors (Lipinski definition) is 1. The van der Waals surface area contributed by atoms with E-state index in [1.54, 1.807) is 36.9 Å². The number of benzene rings is 1. The second-order valence-corrected chi connectivity index (χ2v) is 6.78. The maximum absolute atomic E-state index is 5.45. The minimum atomic E-state index is 0.702. The molecule has 0 aliphatic rings. The topological polar surface area (TPSA) is 43.4 Å². The summed E-state index contributed by atoms with van der Waals surface area (Å²) in [5.41, 5.74) is 2.31. The predicted octanol–water partition coefficient (Wildman–Crippen LogP) is 4.18. The van der Waals surface area contributed by atoms with Crippen LogP contribution in [0.1, 0.15) is 10.6 Å². The minimum absolute atomic E-state index is 0.702. The summed E-state index contributed by atoms with van der Waals surface area (Å²) >= 11 is 3.42. The largest absolute Gasteiger partial charge is 0.493 e. The lowest BCUT2D eigenvalue weighted by molar-refractivity contribution is 0.350. The molecule has 0 saturated carbocycles. The molecule has 0 amide bonds. The Kier molecular flexibility index (Phi) is 5.27. The molecule has 1 N–H and O–H groups in total. The number of hydrogen-bond acceptors (Lipinski definition) is 6. The average molecular weight is 346 g/mol. The zero-order valence-electron chi connectivity index (χ0n) is 13.0. The summed E-state index contributed by atoms with van der Waals surface area (Å²) < 4.78 is 10.8. The van der Waals surface area contributed by atoms with Gasteiger partial charge < -0.3 is 14.8 Å². The molecule has 0 radical (unpaired) electrons. The monoisotopic (exact) mass is 346 g/mol. The molecule has 3 rings (SSSR count). The van der Waals surface area contributed by atoms with Crippen LogP contribution >= 0.6 is 22.7 Å². The van der Waals surface area contributed by atoms with Crippen LogP contribution in [0.2, 0.25) is 0 Å². The van der Waals surface area contributed by atoms with Crippen LogP contribution in [0.25, 0.3) is 10.4 Å². The zero-order chi connectivity index (χ0) is 16.1. The summed E-state index contributed by atoms with van der Waals surface area (Å²) in [5.74, 6) is 1.53. The Balaban J connectivity index is 1.62. The molecule has 120 valence electrons. The van der Waals surface area contributed by atoms with Gasteiger partial charge in [0.15, 0.2) is 11.5 Å². The highest BCUT2D eigenvalue weighted by Crippen LogP contribution is 2.31. The number of ether oxygens (including phenoxy) is 2. The fraction of sp³-hybridized carbons (Fsp3) is 0.235. The maximum atomic E-state index is 5.45. The molecule has 23 heavy (non-hydrogen) atoms. The van der Waals surface area contributed by atoms with Gasteiger partial charge in [0.05, 0.1) is 19.1 Å². The molecule has 0 atom stereocenters. The van der Waals surface area contributed by atoms with Crippen molar-refractivity contribution in [3.05, 3.63) is 51.8 Å². The number of thiophene rings is 1. The van der Waals surface area contributed by atoms with E-state index in [0.717, 1.165) is 28.6 Å². The lowest BCUT2D eigenvalue weighted by Gasteiger charge is -2.12. The first kappa shape index (κ1) is 16.0. The molecule has 0 fully saturated rings. The van der Waals surface area contributed by atoms with Gasteiger partial charge in [0.1, 0.15) is 5.01 Å². The standard InChI is InChI=1S/C17H18N2O2S2/c1-20-14-5-3-4-12(17(14)21-2)8-18-10-16-19-9-15(23-16)13-6-7-22-11-13/h3-7,9,11,18H,8,10H2,1-2H3. The van der Waals surface area contributed by atoms with Crippen molar-refractivity contribution in [2.24, 2.45) is 0 Å². The molecule has 0 spiro atoms. The molecule has 0 saturated heterocycles. The Morgan fingerprint density at radius 1 is 1.13 bits per heavy atom. The van der Waals surface area contributed by atoms with Crippen molar-refractivity contribution in [2.75, 3.05) is 14.2 Å². The van der Waals surface area contributed by atoms with Crippen molar-refractivity contribution >= 4 is 22.7 Å². The zero-order valence-corrected chi connectivity index (χ0v) is 14.7. The van der Waals surface area contributed by atoms with Crippen molar-refractivity contribution in [1.82, 2.24) is 10.3 Å². The fourth-order valence-electron chi connectivity index (χ4n) is 2.33. The molecule has 2 aromatic heterocycles. The number of para-hydroxylation sites is 1. The van der Waals surface area contributed by atoms with Gasteiger partial charge in [-0.25, -0.2) is 4.98 Å². The van der Waals surface area contributed by atoms with Gasteiger partial charge >= 0.3 is 0 Å². The van der Waals surface area contributed by atoms with Gasteiger partial charge in [0, 0.05) is 30.4 Å². The molecular formula is C17H18N2O2S2. The maximum Gasteiger partial charge on any atom is 0.165 e. The summed E-state index contributed by atoms with van der Waals surface area (Å²) in [4.78, 5) is 5.69. The summed E-state index contributed by atoms with van der Waals surface area (Å²) in [6, 6.07) is 8.02. The Bertz CT molecular complexity index is 754. The smallest absolute Gasteiger partial charge is 0.165 e. The number of nitrogens with zero attached hydrogens (tertiary/aromatic N) is 1.